The van der Waals surface area contributed by atoms with E-state index in [1.54, 1.807) is 0 Å². The average Bonchev–Trinajstić information content (AvgIpc) is 2.87. The smallest absolute Gasteiger partial charge is 0.0209 e. The van der Waals surface area contributed by atoms with E-state index in [0.29, 0.717) is 6.04 Å². The summed E-state index contributed by atoms with van der Waals surface area (Å²) in [5.41, 5.74) is 0. The third kappa shape index (κ3) is 4.73. The molecule has 1 N–H and O–H groups in total. The van der Waals surface area contributed by atoms with Crippen LogP contribution in [0.15, 0.2) is 0 Å². The monoisotopic (exact) mass is 267 g/mol. The molecule has 0 amide bonds. The number of nitrogens with zero attached hydrogens (tertiary/aromatic N) is 2. The van der Waals surface area contributed by atoms with Crippen LogP contribution in [0.3, 0.4) is 0 Å². The Kier molecular flexibility index (Phi) is 6.11. The van der Waals surface area contributed by atoms with Crippen molar-refractivity contribution >= 4 is 0 Å². The molecule has 19 heavy (non-hydrogen) atoms. The fraction of sp³-hybridized carbons (Fsp3) is 1.00. The van der Waals surface area contributed by atoms with Crippen LogP contribution in [0.1, 0.15) is 52.9 Å². The second-order valence-electron chi connectivity index (χ2n) is 6.71. The van der Waals surface area contributed by atoms with Crippen LogP contribution < -0.4 is 5.32 Å². The van der Waals surface area contributed by atoms with Crippen molar-refractivity contribution in [2.24, 2.45) is 0 Å². The van der Waals surface area contributed by atoms with Gasteiger partial charge in [-0.3, -0.25) is 4.90 Å². The highest BCUT2D eigenvalue weighted by Crippen LogP contribution is 2.16. The van der Waals surface area contributed by atoms with Crippen LogP contribution in [0, 0.1) is 0 Å². The fourth-order valence-corrected chi connectivity index (χ4v) is 3.43. The molecule has 0 radical (unpaired) electrons. The van der Waals surface area contributed by atoms with Gasteiger partial charge in [-0.05, 0) is 65.7 Å². The molecule has 112 valence electrons. The predicted molar refractivity (Wildman–Crippen MR) is 82.6 cm³/mol. The van der Waals surface area contributed by atoms with Gasteiger partial charge < -0.3 is 10.2 Å². The normalized spacial score (nSPS) is 27.5. The maximum Gasteiger partial charge on any atom is 0.0209 e. The summed E-state index contributed by atoms with van der Waals surface area (Å²) in [4.78, 5) is 5.25. The maximum atomic E-state index is 3.91. The quantitative estimate of drug-likeness (QED) is 0.797. The van der Waals surface area contributed by atoms with E-state index in [0.717, 1.165) is 12.1 Å². The van der Waals surface area contributed by atoms with Crippen LogP contribution in [0.5, 0.6) is 0 Å². The van der Waals surface area contributed by atoms with Gasteiger partial charge in [0.1, 0.15) is 0 Å². The van der Waals surface area contributed by atoms with Crippen molar-refractivity contribution in [1.29, 1.82) is 0 Å². The van der Waals surface area contributed by atoms with Crippen LogP contribution in [0.25, 0.3) is 0 Å². The van der Waals surface area contributed by atoms with Crippen molar-refractivity contribution in [3.8, 4) is 0 Å². The average molecular weight is 267 g/mol. The molecular weight excluding hydrogens is 234 g/mol. The maximum absolute atomic E-state index is 3.91. The molecule has 2 saturated heterocycles. The lowest BCUT2D eigenvalue weighted by Gasteiger charge is -2.34. The van der Waals surface area contributed by atoms with Crippen molar-refractivity contribution in [3.05, 3.63) is 0 Å². The molecule has 1 unspecified atom stereocenters. The number of hydrogen-bond donors (Lipinski definition) is 1. The summed E-state index contributed by atoms with van der Waals surface area (Å²) in [6.45, 7) is 13.4. The molecule has 3 nitrogen and oxygen atoms in total. The molecule has 0 aromatic heterocycles. The van der Waals surface area contributed by atoms with Crippen molar-refractivity contribution in [1.82, 2.24) is 15.1 Å². The van der Waals surface area contributed by atoms with Gasteiger partial charge in [0.15, 0.2) is 0 Å². The van der Waals surface area contributed by atoms with Crippen molar-refractivity contribution in [2.45, 2.75) is 71.0 Å². The third-order valence-corrected chi connectivity index (χ3v) is 4.84. The lowest BCUT2D eigenvalue weighted by molar-refractivity contribution is 0.186. The molecule has 2 fully saturated rings. The molecule has 2 rings (SSSR count). The molecule has 1 atom stereocenters. The Balaban J connectivity index is 1.63. The number of nitrogens with one attached hydrogen (secondary N) is 1. The Morgan fingerprint density at radius 2 is 1.74 bits per heavy atom. The SMILES string of the molecule is CCCCN1CCC(NC2CCN(C(C)C)C2)CC1. The summed E-state index contributed by atoms with van der Waals surface area (Å²) < 4.78 is 0. The Labute approximate surface area is 119 Å². The molecule has 0 bridgehead atoms. The Morgan fingerprint density at radius 3 is 2.32 bits per heavy atom. The molecule has 2 aliphatic rings. The molecule has 0 aliphatic carbocycles. The van der Waals surface area contributed by atoms with Gasteiger partial charge in [0.05, 0.1) is 0 Å². The highest BCUT2D eigenvalue weighted by Gasteiger charge is 2.27. The molecule has 3 heteroatoms. The standard InChI is InChI=1S/C16H33N3/c1-4-5-9-18-10-6-15(7-11-18)17-16-8-12-19(13-16)14(2)3/h14-17H,4-13H2,1-3H3. The van der Waals surface area contributed by atoms with E-state index in [2.05, 4.69) is 35.9 Å². The van der Waals surface area contributed by atoms with Gasteiger partial charge in [0, 0.05) is 24.7 Å². The van der Waals surface area contributed by atoms with Crippen LogP contribution in [0.2, 0.25) is 0 Å². The summed E-state index contributed by atoms with van der Waals surface area (Å²) in [7, 11) is 0. The lowest BCUT2D eigenvalue weighted by atomic mass is 10.0. The highest BCUT2D eigenvalue weighted by molar-refractivity contribution is 4.87. The molecule has 0 aromatic carbocycles. The number of hydrogen-bond acceptors (Lipinski definition) is 3. The zero-order valence-corrected chi connectivity index (χ0v) is 13.2. The molecule has 0 saturated carbocycles. The third-order valence-electron chi connectivity index (χ3n) is 4.84. The minimum Gasteiger partial charge on any atom is -0.310 e. The molecular formula is C16H33N3. The zero-order chi connectivity index (χ0) is 13.7. The minimum absolute atomic E-state index is 0.711. The summed E-state index contributed by atoms with van der Waals surface area (Å²) in [6, 6.07) is 2.23. The van der Waals surface area contributed by atoms with E-state index in [-0.39, 0.29) is 0 Å². The highest BCUT2D eigenvalue weighted by atomic mass is 15.2. The van der Waals surface area contributed by atoms with E-state index in [1.807, 2.05) is 0 Å². The van der Waals surface area contributed by atoms with Gasteiger partial charge >= 0.3 is 0 Å². The summed E-state index contributed by atoms with van der Waals surface area (Å²) in [6.07, 6.45) is 6.73. The van der Waals surface area contributed by atoms with Gasteiger partial charge in [0.2, 0.25) is 0 Å². The van der Waals surface area contributed by atoms with Crippen molar-refractivity contribution < 1.29 is 0 Å². The number of unbranched alkanes of at least 4 members (excludes halogenated alkanes) is 1. The minimum atomic E-state index is 0.711. The van der Waals surface area contributed by atoms with Gasteiger partial charge in [-0.1, -0.05) is 13.3 Å². The number of rotatable bonds is 6. The van der Waals surface area contributed by atoms with Gasteiger partial charge in [-0.2, -0.15) is 0 Å². The Morgan fingerprint density at radius 1 is 1.05 bits per heavy atom. The van der Waals surface area contributed by atoms with E-state index < -0.39 is 0 Å². The topological polar surface area (TPSA) is 18.5 Å². The van der Waals surface area contributed by atoms with Gasteiger partial charge in [-0.15, -0.1) is 0 Å². The van der Waals surface area contributed by atoms with Crippen LogP contribution in [-0.4, -0.2) is 60.6 Å². The first-order chi connectivity index (χ1) is 9.19. The first-order valence-electron chi connectivity index (χ1n) is 8.41. The lowest BCUT2D eigenvalue weighted by Crippen LogP contribution is -2.47. The number of likely N-dealkylation sites (tertiary alicyclic amines) is 2. The predicted octanol–water partition coefficient (Wildman–Crippen LogP) is 2.32. The molecule has 0 aromatic rings. The first kappa shape index (κ1) is 15.3. The van der Waals surface area contributed by atoms with Gasteiger partial charge in [-0.25, -0.2) is 0 Å². The van der Waals surface area contributed by atoms with Crippen LogP contribution >= 0.6 is 0 Å². The van der Waals surface area contributed by atoms with E-state index in [1.165, 1.54) is 64.8 Å². The summed E-state index contributed by atoms with van der Waals surface area (Å²) in [5, 5.41) is 3.91. The van der Waals surface area contributed by atoms with E-state index in [4.69, 9.17) is 0 Å². The van der Waals surface area contributed by atoms with Crippen LogP contribution in [-0.2, 0) is 0 Å². The molecule has 2 aliphatic heterocycles. The Hall–Kier alpha value is -0.120. The largest absolute Gasteiger partial charge is 0.310 e. The van der Waals surface area contributed by atoms with Crippen molar-refractivity contribution in [2.75, 3.05) is 32.7 Å². The van der Waals surface area contributed by atoms with Crippen molar-refractivity contribution in [3.63, 3.8) is 0 Å². The Bertz CT molecular complexity index is 246. The summed E-state index contributed by atoms with van der Waals surface area (Å²) in [5.74, 6) is 0. The first-order valence-corrected chi connectivity index (χ1v) is 8.41. The summed E-state index contributed by atoms with van der Waals surface area (Å²) >= 11 is 0. The fourth-order valence-electron chi connectivity index (χ4n) is 3.43. The molecule has 0 spiro atoms. The molecule has 2 heterocycles. The van der Waals surface area contributed by atoms with E-state index in [9.17, 15) is 0 Å². The second kappa shape index (κ2) is 7.61. The van der Waals surface area contributed by atoms with Gasteiger partial charge in [0.25, 0.3) is 0 Å². The second-order valence-corrected chi connectivity index (χ2v) is 6.71. The zero-order valence-electron chi connectivity index (χ0n) is 13.2. The van der Waals surface area contributed by atoms with Crippen LogP contribution in [0.4, 0.5) is 0 Å². The van der Waals surface area contributed by atoms with E-state index >= 15 is 0 Å². The number of piperidine rings is 1.